The molecule has 1 heteroatoms. The summed E-state index contributed by atoms with van der Waals surface area (Å²) in [6.45, 7) is 6.75. The molecule has 0 spiro atoms. The highest BCUT2D eigenvalue weighted by Crippen LogP contribution is 2.19. The smallest absolute Gasteiger partial charge is 0.119 e. The molecule has 1 aromatic carbocycles. The number of benzene rings is 1. The molecule has 0 unspecified atom stereocenters. The van der Waals surface area contributed by atoms with Crippen LogP contribution in [-0.2, 0) is 12.8 Å². The number of hydrogen-bond acceptors (Lipinski definition) is 1. The van der Waals surface area contributed by atoms with E-state index in [9.17, 15) is 0 Å². The Kier molecular flexibility index (Phi) is 5.37. The molecule has 90 valence electrons. The molecule has 0 radical (unpaired) electrons. The van der Waals surface area contributed by atoms with Crippen LogP contribution in [0.4, 0.5) is 0 Å². The number of methoxy groups -OCH3 is 1. The van der Waals surface area contributed by atoms with Crippen molar-refractivity contribution in [2.45, 2.75) is 46.5 Å². The number of hydrogen-bond donors (Lipinski definition) is 0. The van der Waals surface area contributed by atoms with Crippen molar-refractivity contribution in [3.63, 3.8) is 0 Å². The summed E-state index contributed by atoms with van der Waals surface area (Å²) in [4.78, 5) is 0. The summed E-state index contributed by atoms with van der Waals surface area (Å²) >= 11 is 0. The maximum atomic E-state index is 5.32. The molecule has 1 aromatic rings. The highest BCUT2D eigenvalue weighted by molar-refractivity contribution is 5.34. The lowest BCUT2D eigenvalue weighted by molar-refractivity contribution is 0.413. The van der Waals surface area contributed by atoms with Gasteiger partial charge in [-0.1, -0.05) is 33.3 Å². The average molecular weight is 220 g/mol. The molecule has 0 aliphatic heterocycles. The molecule has 0 heterocycles. The largest absolute Gasteiger partial charge is 0.497 e. The van der Waals surface area contributed by atoms with Crippen molar-refractivity contribution in [2.24, 2.45) is 5.92 Å². The van der Waals surface area contributed by atoms with Gasteiger partial charge in [0, 0.05) is 0 Å². The molecule has 0 atom stereocenters. The van der Waals surface area contributed by atoms with Gasteiger partial charge in [-0.2, -0.15) is 0 Å². The van der Waals surface area contributed by atoms with Gasteiger partial charge < -0.3 is 4.74 Å². The van der Waals surface area contributed by atoms with Gasteiger partial charge in [0.15, 0.2) is 0 Å². The minimum Gasteiger partial charge on any atom is -0.497 e. The van der Waals surface area contributed by atoms with Crippen molar-refractivity contribution in [1.29, 1.82) is 0 Å². The van der Waals surface area contributed by atoms with Crippen molar-refractivity contribution < 1.29 is 4.74 Å². The molecular formula is C15H24O. The molecule has 0 aliphatic carbocycles. The zero-order valence-corrected chi connectivity index (χ0v) is 11.0. The second-order valence-corrected chi connectivity index (χ2v) is 4.83. The SMILES string of the molecule is CCc1cc(CCCC(C)C)cc(OC)c1. The van der Waals surface area contributed by atoms with E-state index in [1.165, 1.54) is 30.4 Å². The van der Waals surface area contributed by atoms with Crippen molar-refractivity contribution in [3.05, 3.63) is 29.3 Å². The summed E-state index contributed by atoms with van der Waals surface area (Å²) in [7, 11) is 1.74. The van der Waals surface area contributed by atoms with Gasteiger partial charge in [0.05, 0.1) is 7.11 Å². The highest BCUT2D eigenvalue weighted by Gasteiger charge is 2.01. The van der Waals surface area contributed by atoms with E-state index >= 15 is 0 Å². The molecule has 0 saturated carbocycles. The summed E-state index contributed by atoms with van der Waals surface area (Å²) in [5, 5.41) is 0. The van der Waals surface area contributed by atoms with E-state index in [2.05, 4.69) is 39.0 Å². The molecule has 0 saturated heterocycles. The first-order valence-corrected chi connectivity index (χ1v) is 6.32. The van der Waals surface area contributed by atoms with E-state index in [4.69, 9.17) is 4.74 Å². The first-order valence-electron chi connectivity index (χ1n) is 6.32. The molecule has 0 fully saturated rings. The third-order valence-corrected chi connectivity index (χ3v) is 2.92. The van der Waals surface area contributed by atoms with E-state index in [1.807, 2.05) is 0 Å². The Labute approximate surface area is 99.8 Å². The second kappa shape index (κ2) is 6.57. The summed E-state index contributed by atoms with van der Waals surface area (Å²) in [6.07, 6.45) is 4.82. The van der Waals surface area contributed by atoms with E-state index in [0.717, 1.165) is 18.1 Å². The van der Waals surface area contributed by atoms with Gasteiger partial charge in [0.2, 0.25) is 0 Å². The quantitative estimate of drug-likeness (QED) is 0.697. The molecule has 1 nitrogen and oxygen atoms in total. The second-order valence-electron chi connectivity index (χ2n) is 4.83. The molecular weight excluding hydrogens is 196 g/mol. The topological polar surface area (TPSA) is 9.23 Å². The van der Waals surface area contributed by atoms with Crippen molar-refractivity contribution >= 4 is 0 Å². The number of ether oxygens (including phenoxy) is 1. The first kappa shape index (κ1) is 13.1. The highest BCUT2D eigenvalue weighted by atomic mass is 16.5. The van der Waals surface area contributed by atoms with E-state index in [-0.39, 0.29) is 0 Å². The Morgan fingerprint density at radius 1 is 1.12 bits per heavy atom. The van der Waals surface area contributed by atoms with Crippen molar-refractivity contribution in [2.75, 3.05) is 7.11 Å². The van der Waals surface area contributed by atoms with Crippen LogP contribution in [0, 0.1) is 5.92 Å². The van der Waals surface area contributed by atoms with Crippen LogP contribution in [0.1, 0.15) is 44.7 Å². The maximum absolute atomic E-state index is 5.32. The van der Waals surface area contributed by atoms with Crippen LogP contribution in [0.15, 0.2) is 18.2 Å². The fourth-order valence-electron chi connectivity index (χ4n) is 1.91. The lowest BCUT2D eigenvalue weighted by Crippen LogP contribution is -1.94. The Balaban J connectivity index is 2.64. The monoisotopic (exact) mass is 220 g/mol. The Morgan fingerprint density at radius 2 is 1.81 bits per heavy atom. The number of rotatable bonds is 6. The van der Waals surface area contributed by atoms with Crippen LogP contribution in [0.5, 0.6) is 5.75 Å². The summed E-state index contributed by atoms with van der Waals surface area (Å²) in [6, 6.07) is 6.61. The predicted molar refractivity (Wildman–Crippen MR) is 70.1 cm³/mol. The third-order valence-electron chi connectivity index (χ3n) is 2.92. The maximum Gasteiger partial charge on any atom is 0.119 e. The zero-order chi connectivity index (χ0) is 12.0. The van der Waals surface area contributed by atoms with Crippen molar-refractivity contribution in [3.8, 4) is 5.75 Å². The van der Waals surface area contributed by atoms with Crippen LogP contribution in [0.25, 0.3) is 0 Å². The van der Waals surface area contributed by atoms with Gasteiger partial charge in [0.25, 0.3) is 0 Å². The number of aryl methyl sites for hydroxylation is 2. The molecule has 16 heavy (non-hydrogen) atoms. The lowest BCUT2D eigenvalue weighted by atomic mass is 10.0. The third kappa shape index (κ3) is 4.26. The van der Waals surface area contributed by atoms with Gasteiger partial charge in [-0.25, -0.2) is 0 Å². The normalized spacial score (nSPS) is 10.8. The molecule has 0 bridgehead atoms. The minimum absolute atomic E-state index is 0.802. The molecule has 0 aromatic heterocycles. The van der Waals surface area contributed by atoms with E-state index in [1.54, 1.807) is 7.11 Å². The van der Waals surface area contributed by atoms with Crippen molar-refractivity contribution in [1.82, 2.24) is 0 Å². The van der Waals surface area contributed by atoms with E-state index in [0.29, 0.717) is 0 Å². The van der Waals surface area contributed by atoms with Crippen LogP contribution >= 0.6 is 0 Å². The van der Waals surface area contributed by atoms with E-state index < -0.39 is 0 Å². The Hall–Kier alpha value is -0.980. The summed E-state index contributed by atoms with van der Waals surface area (Å²) in [5.74, 6) is 1.80. The minimum atomic E-state index is 0.802. The Bertz CT molecular complexity index is 293. The van der Waals surface area contributed by atoms with Crippen LogP contribution < -0.4 is 4.74 Å². The van der Waals surface area contributed by atoms with Gasteiger partial charge in [-0.3, -0.25) is 0 Å². The molecule has 0 N–H and O–H groups in total. The fourth-order valence-corrected chi connectivity index (χ4v) is 1.91. The first-order chi connectivity index (χ1) is 7.65. The average Bonchev–Trinajstić information content (AvgIpc) is 2.28. The fraction of sp³-hybridized carbons (Fsp3) is 0.600. The summed E-state index contributed by atoms with van der Waals surface area (Å²) in [5.41, 5.74) is 2.79. The lowest BCUT2D eigenvalue weighted by Gasteiger charge is -2.09. The Morgan fingerprint density at radius 3 is 2.38 bits per heavy atom. The van der Waals surface area contributed by atoms with Gasteiger partial charge >= 0.3 is 0 Å². The molecule has 0 aliphatic rings. The van der Waals surface area contributed by atoms with Gasteiger partial charge in [0.1, 0.15) is 5.75 Å². The molecule has 1 rings (SSSR count). The van der Waals surface area contributed by atoms with Gasteiger partial charge in [-0.05, 0) is 48.4 Å². The molecule has 0 amide bonds. The standard InChI is InChI=1S/C15H24O/c1-5-13-9-14(8-6-7-12(2)3)11-15(10-13)16-4/h9-12H,5-8H2,1-4H3. The van der Waals surface area contributed by atoms with Crippen LogP contribution in [-0.4, -0.2) is 7.11 Å². The van der Waals surface area contributed by atoms with Crippen LogP contribution in [0.2, 0.25) is 0 Å². The summed E-state index contributed by atoms with van der Waals surface area (Å²) < 4.78 is 5.32. The zero-order valence-electron chi connectivity index (χ0n) is 11.0. The van der Waals surface area contributed by atoms with Crippen LogP contribution in [0.3, 0.4) is 0 Å². The predicted octanol–water partition coefficient (Wildman–Crippen LogP) is 4.24. The van der Waals surface area contributed by atoms with Gasteiger partial charge in [-0.15, -0.1) is 0 Å².